The molecule has 21 heavy (non-hydrogen) atoms. The number of nitrogens with zero attached hydrogens (tertiary/aromatic N) is 1. The molecule has 1 saturated carbocycles. The van der Waals surface area contributed by atoms with E-state index in [1.54, 1.807) is 19.2 Å². The van der Waals surface area contributed by atoms with Gasteiger partial charge in [-0.05, 0) is 37.5 Å². The lowest BCUT2D eigenvalue weighted by molar-refractivity contribution is 0.101. The topological polar surface area (TPSA) is 84.7 Å². The molecule has 6 nitrogen and oxygen atoms in total. The largest absolute Gasteiger partial charge is 0.397 e. The molecule has 3 N–H and O–H groups in total. The van der Waals surface area contributed by atoms with Crippen LogP contribution in [0.2, 0.25) is 0 Å². The number of sulfonamides is 1. The smallest absolute Gasteiger partial charge is 0.242 e. The van der Waals surface area contributed by atoms with Gasteiger partial charge in [0.1, 0.15) is 0 Å². The SMILES string of the molecule is COC1CCCC1Nc1cc(S(=O)(=O)N(C)C)ccc1N. The highest BCUT2D eigenvalue weighted by Gasteiger charge is 2.28. The van der Waals surface area contributed by atoms with Gasteiger partial charge in [-0.1, -0.05) is 0 Å². The van der Waals surface area contributed by atoms with Gasteiger partial charge in [0.2, 0.25) is 10.0 Å². The summed E-state index contributed by atoms with van der Waals surface area (Å²) in [6.45, 7) is 0. The van der Waals surface area contributed by atoms with Crippen LogP contribution in [0.25, 0.3) is 0 Å². The maximum Gasteiger partial charge on any atom is 0.242 e. The van der Waals surface area contributed by atoms with Gasteiger partial charge in [0.05, 0.1) is 28.4 Å². The van der Waals surface area contributed by atoms with Crippen molar-refractivity contribution in [2.75, 3.05) is 32.3 Å². The van der Waals surface area contributed by atoms with E-state index < -0.39 is 10.0 Å². The van der Waals surface area contributed by atoms with E-state index in [9.17, 15) is 8.42 Å². The molecule has 0 heterocycles. The summed E-state index contributed by atoms with van der Waals surface area (Å²) < 4.78 is 31.0. The van der Waals surface area contributed by atoms with Crippen LogP contribution in [0.15, 0.2) is 23.1 Å². The first-order valence-corrected chi connectivity index (χ1v) is 8.41. The lowest BCUT2D eigenvalue weighted by Crippen LogP contribution is -2.30. The first-order valence-electron chi connectivity index (χ1n) is 6.97. The van der Waals surface area contributed by atoms with Crippen molar-refractivity contribution in [1.29, 1.82) is 0 Å². The Hall–Kier alpha value is -1.31. The predicted octanol–water partition coefficient (Wildman–Crippen LogP) is 1.50. The standard InChI is InChI=1S/C14H23N3O3S/c1-17(2)21(18,19)10-7-8-11(15)13(9-10)16-12-5-4-6-14(12)20-3/h7-9,12,14,16H,4-6,15H2,1-3H3. The van der Waals surface area contributed by atoms with Gasteiger partial charge < -0.3 is 15.8 Å². The van der Waals surface area contributed by atoms with Crippen LogP contribution in [0, 0.1) is 0 Å². The van der Waals surface area contributed by atoms with Crippen molar-refractivity contribution in [2.24, 2.45) is 0 Å². The minimum atomic E-state index is -3.46. The number of benzene rings is 1. The highest BCUT2D eigenvalue weighted by atomic mass is 32.2. The fourth-order valence-corrected chi connectivity index (χ4v) is 3.53. The molecule has 2 atom stereocenters. The highest BCUT2D eigenvalue weighted by molar-refractivity contribution is 7.89. The Morgan fingerprint density at radius 1 is 1.33 bits per heavy atom. The number of nitrogens with one attached hydrogen (secondary N) is 1. The quantitative estimate of drug-likeness (QED) is 0.805. The van der Waals surface area contributed by atoms with Crippen LogP contribution in [0.1, 0.15) is 19.3 Å². The number of methoxy groups -OCH3 is 1. The summed E-state index contributed by atoms with van der Waals surface area (Å²) in [6, 6.07) is 4.90. The summed E-state index contributed by atoms with van der Waals surface area (Å²) in [5.74, 6) is 0. The fraction of sp³-hybridized carbons (Fsp3) is 0.571. The second kappa shape index (κ2) is 6.21. The van der Waals surface area contributed by atoms with E-state index in [0.29, 0.717) is 11.4 Å². The molecule has 2 unspecified atom stereocenters. The summed E-state index contributed by atoms with van der Waals surface area (Å²) in [7, 11) is 1.25. The lowest BCUT2D eigenvalue weighted by atomic mass is 10.2. The number of anilines is 2. The van der Waals surface area contributed by atoms with Crippen molar-refractivity contribution in [2.45, 2.75) is 36.3 Å². The Morgan fingerprint density at radius 2 is 2.05 bits per heavy atom. The van der Waals surface area contributed by atoms with E-state index in [1.807, 2.05) is 0 Å². The van der Waals surface area contributed by atoms with E-state index in [2.05, 4.69) is 5.32 Å². The molecule has 1 aliphatic carbocycles. The summed E-state index contributed by atoms with van der Waals surface area (Å²) in [5.41, 5.74) is 7.14. The predicted molar refractivity (Wildman–Crippen MR) is 83.8 cm³/mol. The molecule has 0 spiro atoms. The zero-order valence-corrected chi connectivity index (χ0v) is 13.5. The van der Waals surface area contributed by atoms with Gasteiger partial charge in [-0.25, -0.2) is 12.7 Å². The van der Waals surface area contributed by atoms with E-state index >= 15 is 0 Å². The second-order valence-corrected chi connectivity index (χ2v) is 7.64. The number of nitrogens with two attached hydrogens (primary N) is 1. The van der Waals surface area contributed by atoms with Crippen LogP contribution >= 0.6 is 0 Å². The lowest BCUT2D eigenvalue weighted by Gasteiger charge is -2.22. The maximum absolute atomic E-state index is 12.2. The van der Waals surface area contributed by atoms with E-state index in [1.165, 1.54) is 24.5 Å². The molecule has 0 amide bonds. The van der Waals surface area contributed by atoms with Crippen LogP contribution in [0.5, 0.6) is 0 Å². The minimum Gasteiger partial charge on any atom is -0.397 e. The van der Waals surface area contributed by atoms with Crippen LogP contribution in [-0.2, 0) is 14.8 Å². The Kier molecular flexibility index (Phi) is 4.75. The summed E-state index contributed by atoms with van der Waals surface area (Å²) in [4.78, 5) is 0.233. The Labute approximate surface area is 126 Å². The third kappa shape index (κ3) is 3.30. The Balaban J connectivity index is 2.28. The molecule has 1 aliphatic rings. The first kappa shape index (κ1) is 16.1. The summed E-state index contributed by atoms with van der Waals surface area (Å²) >= 11 is 0. The second-order valence-electron chi connectivity index (χ2n) is 5.49. The molecular formula is C14H23N3O3S. The first-order chi connectivity index (χ1) is 9.86. The van der Waals surface area contributed by atoms with Gasteiger partial charge in [-0.3, -0.25) is 0 Å². The Morgan fingerprint density at radius 3 is 2.67 bits per heavy atom. The van der Waals surface area contributed by atoms with Crippen LogP contribution in [-0.4, -0.2) is 46.1 Å². The maximum atomic E-state index is 12.2. The molecule has 1 aromatic rings. The number of ether oxygens (including phenoxy) is 1. The molecular weight excluding hydrogens is 290 g/mol. The van der Waals surface area contributed by atoms with Gasteiger partial charge in [-0.15, -0.1) is 0 Å². The van der Waals surface area contributed by atoms with Gasteiger partial charge >= 0.3 is 0 Å². The number of hydrogen-bond donors (Lipinski definition) is 2. The Bertz CT molecular complexity index is 601. The number of hydrogen-bond acceptors (Lipinski definition) is 5. The van der Waals surface area contributed by atoms with Gasteiger partial charge in [0.15, 0.2) is 0 Å². The molecule has 0 radical (unpaired) electrons. The monoisotopic (exact) mass is 313 g/mol. The summed E-state index contributed by atoms with van der Waals surface area (Å²) in [5, 5.41) is 3.33. The van der Waals surface area contributed by atoms with Gasteiger partial charge in [0, 0.05) is 21.2 Å². The van der Waals surface area contributed by atoms with Crippen molar-refractivity contribution < 1.29 is 13.2 Å². The van der Waals surface area contributed by atoms with Crippen LogP contribution in [0.4, 0.5) is 11.4 Å². The zero-order chi connectivity index (χ0) is 15.6. The van der Waals surface area contributed by atoms with E-state index in [4.69, 9.17) is 10.5 Å². The molecule has 0 aliphatic heterocycles. The summed E-state index contributed by atoms with van der Waals surface area (Å²) in [6.07, 6.45) is 3.22. The molecule has 0 aromatic heterocycles. The van der Waals surface area contributed by atoms with Crippen molar-refractivity contribution >= 4 is 21.4 Å². The molecule has 1 fully saturated rings. The van der Waals surface area contributed by atoms with E-state index in [0.717, 1.165) is 19.3 Å². The number of nitrogen functional groups attached to an aromatic ring is 1. The molecule has 0 bridgehead atoms. The molecule has 118 valence electrons. The third-order valence-electron chi connectivity index (χ3n) is 3.90. The highest BCUT2D eigenvalue weighted by Crippen LogP contribution is 2.29. The molecule has 0 saturated heterocycles. The van der Waals surface area contributed by atoms with Gasteiger partial charge in [0.25, 0.3) is 0 Å². The minimum absolute atomic E-state index is 0.138. The fourth-order valence-electron chi connectivity index (χ4n) is 2.60. The van der Waals surface area contributed by atoms with Crippen LogP contribution in [0.3, 0.4) is 0 Å². The normalized spacial score (nSPS) is 22.7. The van der Waals surface area contributed by atoms with E-state index in [-0.39, 0.29) is 17.0 Å². The van der Waals surface area contributed by atoms with Crippen molar-refractivity contribution in [1.82, 2.24) is 4.31 Å². The van der Waals surface area contributed by atoms with Gasteiger partial charge in [-0.2, -0.15) is 0 Å². The average Bonchev–Trinajstić information content (AvgIpc) is 2.88. The molecule has 2 rings (SSSR count). The third-order valence-corrected chi connectivity index (χ3v) is 5.71. The molecule has 1 aromatic carbocycles. The zero-order valence-electron chi connectivity index (χ0n) is 12.7. The van der Waals surface area contributed by atoms with Crippen molar-refractivity contribution in [3.8, 4) is 0 Å². The van der Waals surface area contributed by atoms with Crippen molar-refractivity contribution in [3.05, 3.63) is 18.2 Å². The van der Waals surface area contributed by atoms with Crippen LogP contribution < -0.4 is 11.1 Å². The van der Waals surface area contributed by atoms with Crippen molar-refractivity contribution in [3.63, 3.8) is 0 Å². The molecule has 7 heteroatoms. The number of rotatable bonds is 5. The average molecular weight is 313 g/mol.